The summed E-state index contributed by atoms with van der Waals surface area (Å²) in [6.45, 7) is 2.80. The van der Waals surface area contributed by atoms with Crippen molar-refractivity contribution in [1.29, 1.82) is 0 Å². The number of hydrogen-bond donors (Lipinski definition) is 2. The van der Waals surface area contributed by atoms with Gasteiger partial charge in [0, 0.05) is 37.1 Å². The Hall–Kier alpha value is -2.80. The lowest BCUT2D eigenvalue weighted by Gasteiger charge is -2.22. The highest BCUT2D eigenvalue weighted by atomic mass is 16.5. The second-order valence-electron chi connectivity index (χ2n) is 6.80. The Balaban J connectivity index is 1.28. The lowest BCUT2D eigenvalue weighted by Crippen LogP contribution is -2.27. The van der Waals surface area contributed by atoms with Gasteiger partial charge >= 0.3 is 0 Å². The second-order valence-corrected chi connectivity index (χ2v) is 6.80. The molecule has 1 aromatic carbocycles. The van der Waals surface area contributed by atoms with Gasteiger partial charge in [0.05, 0.1) is 0 Å². The minimum absolute atomic E-state index is 0.520. The zero-order valence-electron chi connectivity index (χ0n) is 15.3. The maximum Gasteiger partial charge on any atom is 0.228 e. The van der Waals surface area contributed by atoms with E-state index in [4.69, 9.17) is 4.52 Å². The number of nitrogens with zero attached hydrogens (tertiary/aromatic N) is 4. The highest BCUT2D eigenvalue weighted by Crippen LogP contribution is 2.24. The van der Waals surface area contributed by atoms with Crippen LogP contribution in [0.15, 0.2) is 47.2 Å². The van der Waals surface area contributed by atoms with Gasteiger partial charge in [0.25, 0.3) is 0 Å². The summed E-state index contributed by atoms with van der Waals surface area (Å²) < 4.78 is 5.35. The fraction of sp³-hybridized carbons (Fsp3) is 0.400. The third-order valence-corrected chi connectivity index (χ3v) is 4.81. The van der Waals surface area contributed by atoms with Crippen LogP contribution in [0.5, 0.6) is 0 Å². The molecule has 0 bridgehead atoms. The van der Waals surface area contributed by atoms with Crippen LogP contribution < -0.4 is 10.6 Å². The summed E-state index contributed by atoms with van der Waals surface area (Å²) in [4.78, 5) is 13.2. The summed E-state index contributed by atoms with van der Waals surface area (Å²) in [7, 11) is 0. The Morgan fingerprint density at radius 2 is 1.96 bits per heavy atom. The predicted octanol–water partition coefficient (Wildman–Crippen LogP) is 2.57. The van der Waals surface area contributed by atoms with Crippen LogP contribution in [0.25, 0.3) is 0 Å². The van der Waals surface area contributed by atoms with E-state index in [1.807, 2.05) is 18.2 Å². The first-order chi connectivity index (χ1) is 13.4. The summed E-state index contributed by atoms with van der Waals surface area (Å²) in [6.07, 6.45) is 5.24. The van der Waals surface area contributed by atoms with Crippen LogP contribution in [0.1, 0.15) is 41.7 Å². The van der Waals surface area contributed by atoms with E-state index < -0.39 is 0 Å². The molecule has 7 heteroatoms. The molecule has 2 N–H and O–H groups in total. The normalized spacial score (nSPS) is 15.0. The van der Waals surface area contributed by atoms with Gasteiger partial charge in [-0.3, -0.25) is 0 Å². The molecule has 3 aromatic rings. The number of benzene rings is 1. The van der Waals surface area contributed by atoms with E-state index in [1.54, 1.807) is 6.33 Å². The molecular weight excluding hydrogens is 340 g/mol. The van der Waals surface area contributed by atoms with E-state index >= 15 is 0 Å². The molecule has 140 valence electrons. The molecular formula is C20H24N6O. The highest BCUT2D eigenvalue weighted by molar-refractivity contribution is 5.36. The van der Waals surface area contributed by atoms with Crippen molar-refractivity contribution in [2.45, 2.75) is 31.6 Å². The SMILES string of the molecule is c1ccc(Cc2noc(CCNc3cc(C4CCNCC4)ncn3)n2)cc1. The van der Waals surface area contributed by atoms with Crippen LogP contribution in [-0.4, -0.2) is 39.7 Å². The van der Waals surface area contributed by atoms with Crippen LogP contribution in [0, 0.1) is 0 Å². The lowest BCUT2D eigenvalue weighted by molar-refractivity contribution is 0.376. The molecule has 0 spiro atoms. The molecule has 0 unspecified atom stereocenters. The Morgan fingerprint density at radius 3 is 2.81 bits per heavy atom. The van der Waals surface area contributed by atoms with Crippen LogP contribution >= 0.6 is 0 Å². The second kappa shape index (κ2) is 8.73. The maximum atomic E-state index is 5.35. The predicted molar refractivity (Wildman–Crippen MR) is 103 cm³/mol. The third kappa shape index (κ3) is 4.89. The molecule has 1 aliphatic heterocycles. The third-order valence-electron chi connectivity index (χ3n) is 4.81. The molecule has 0 amide bonds. The minimum atomic E-state index is 0.520. The molecule has 0 saturated carbocycles. The van der Waals surface area contributed by atoms with E-state index in [1.165, 1.54) is 5.56 Å². The smallest absolute Gasteiger partial charge is 0.228 e. The molecule has 1 aliphatic rings. The number of hydrogen-bond acceptors (Lipinski definition) is 7. The van der Waals surface area contributed by atoms with Gasteiger partial charge in [-0.25, -0.2) is 9.97 Å². The molecule has 3 heterocycles. The van der Waals surface area contributed by atoms with Crippen molar-refractivity contribution in [2.24, 2.45) is 0 Å². The number of aromatic nitrogens is 4. The van der Waals surface area contributed by atoms with E-state index in [-0.39, 0.29) is 0 Å². The number of piperidine rings is 1. The zero-order valence-corrected chi connectivity index (χ0v) is 15.3. The van der Waals surface area contributed by atoms with Gasteiger partial charge in [0.2, 0.25) is 5.89 Å². The van der Waals surface area contributed by atoms with Crippen LogP contribution in [0.3, 0.4) is 0 Å². The molecule has 1 fully saturated rings. The van der Waals surface area contributed by atoms with Gasteiger partial charge in [0.1, 0.15) is 12.1 Å². The quantitative estimate of drug-likeness (QED) is 0.666. The van der Waals surface area contributed by atoms with Crippen molar-refractivity contribution in [3.8, 4) is 0 Å². The monoisotopic (exact) mass is 364 g/mol. The molecule has 0 atom stereocenters. The van der Waals surface area contributed by atoms with E-state index in [9.17, 15) is 0 Å². The lowest BCUT2D eigenvalue weighted by atomic mass is 9.94. The zero-order chi connectivity index (χ0) is 18.3. The fourth-order valence-electron chi connectivity index (χ4n) is 3.35. The summed E-state index contributed by atoms with van der Waals surface area (Å²) >= 11 is 0. The first kappa shape index (κ1) is 17.6. The minimum Gasteiger partial charge on any atom is -0.369 e. The van der Waals surface area contributed by atoms with Gasteiger partial charge in [-0.2, -0.15) is 4.98 Å². The molecule has 1 saturated heterocycles. The van der Waals surface area contributed by atoms with Crippen molar-refractivity contribution in [2.75, 3.05) is 25.0 Å². The van der Waals surface area contributed by atoms with Crippen molar-refractivity contribution in [3.05, 3.63) is 65.7 Å². The number of rotatable bonds is 7. The maximum absolute atomic E-state index is 5.35. The topological polar surface area (TPSA) is 88.8 Å². The summed E-state index contributed by atoms with van der Waals surface area (Å²) in [5, 5.41) is 10.8. The van der Waals surface area contributed by atoms with Crippen molar-refractivity contribution >= 4 is 5.82 Å². The number of anilines is 1. The van der Waals surface area contributed by atoms with Gasteiger partial charge < -0.3 is 15.2 Å². The molecule has 0 aliphatic carbocycles. The van der Waals surface area contributed by atoms with Crippen LogP contribution in [-0.2, 0) is 12.8 Å². The van der Waals surface area contributed by atoms with Gasteiger partial charge in [0.15, 0.2) is 5.82 Å². The Labute approximate surface area is 158 Å². The Kier molecular flexibility index (Phi) is 5.69. The van der Waals surface area contributed by atoms with Crippen LogP contribution in [0.4, 0.5) is 5.82 Å². The van der Waals surface area contributed by atoms with E-state index in [0.29, 0.717) is 37.0 Å². The summed E-state index contributed by atoms with van der Waals surface area (Å²) in [5.74, 6) is 2.72. The highest BCUT2D eigenvalue weighted by Gasteiger charge is 2.17. The molecule has 27 heavy (non-hydrogen) atoms. The van der Waals surface area contributed by atoms with Crippen LogP contribution in [0.2, 0.25) is 0 Å². The molecule has 0 radical (unpaired) electrons. The molecule has 2 aromatic heterocycles. The van der Waals surface area contributed by atoms with Crippen molar-refractivity contribution in [1.82, 2.24) is 25.4 Å². The Morgan fingerprint density at radius 1 is 1.11 bits per heavy atom. The molecule has 4 rings (SSSR count). The van der Waals surface area contributed by atoms with Gasteiger partial charge in [-0.15, -0.1) is 0 Å². The van der Waals surface area contributed by atoms with Gasteiger partial charge in [-0.1, -0.05) is 35.5 Å². The average molecular weight is 364 g/mol. The fourth-order valence-corrected chi connectivity index (χ4v) is 3.35. The van der Waals surface area contributed by atoms with E-state index in [2.05, 4.69) is 48.9 Å². The van der Waals surface area contributed by atoms with E-state index in [0.717, 1.165) is 37.4 Å². The largest absolute Gasteiger partial charge is 0.369 e. The first-order valence-electron chi connectivity index (χ1n) is 9.49. The average Bonchev–Trinajstić information content (AvgIpc) is 3.17. The number of nitrogens with one attached hydrogen (secondary N) is 2. The van der Waals surface area contributed by atoms with Crippen molar-refractivity contribution in [3.63, 3.8) is 0 Å². The first-order valence-corrected chi connectivity index (χ1v) is 9.49. The molecule has 7 nitrogen and oxygen atoms in total. The van der Waals surface area contributed by atoms with Gasteiger partial charge in [-0.05, 0) is 31.5 Å². The Bertz CT molecular complexity index is 844. The van der Waals surface area contributed by atoms with Crippen molar-refractivity contribution < 1.29 is 4.52 Å². The standard InChI is InChI=1S/C20H24N6O/c1-2-4-15(5-3-1)12-19-25-20(27-26-19)8-11-22-18-13-17(23-14-24-18)16-6-9-21-10-7-16/h1-5,13-14,16,21H,6-12H2,(H,22,23,24). The summed E-state index contributed by atoms with van der Waals surface area (Å²) in [5.41, 5.74) is 2.30. The summed E-state index contributed by atoms with van der Waals surface area (Å²) in [6, 6.07) is 12.2.